The number of aryl methyl sites for hydroxylation is 1. The standard InChI is InChI=1S/C21H15FN2O2/c1-13-8-9-14(22)11-18(13)24-21(25)16-12-19(20-7-4-10-26-20)23-17-6-3-2-5-15(16)17/h2-12H,1H3,(H,24,25). The van der Waals surface area contributed by atoms with E-state index < -0.39 is 5.82 Å². The van der Waals surface area contributed by atoms with Crippen molar-refractivity contribution in [3.05, 3.63) is 83.9 Å². The third kappa shape index (κ3) is 2.95. The number of carbonyl (C=O) groups is 1. The van der Waals surface area contributed by atoms with Gasteiger partial charge in [0.1, 0.15) is 11.5 Å². The van der Waals surface area contributed by atoms with E-state index in [0.29, 0.717) is 28.2 Å². The topological polar surface area (TPSA) is 55.1 Å². The highest BCUT2D eigenvalue weighted by atomic mass is 19.1. The second-order valence-corrected chi connectivity index (χ2v) is 5.96. The lowest BCUT2D eigenvalue weighted by atomic mass is 10.1. The van der Waals surface area contributed by atoms with Gasteiger partial charge in [0.15, 0.2) is 5.76 Å². The number of carbonyl (C=O) groups excluding carboxylic acids is 1. The molecule has 4 nitrogen and oxygen atoms in total. The molecule has 0 aliphatic carbocycles. The number of furan rings is 1. The van der Waals surface area contributed by atoms with Gasteiger partial charge in [-0.15, -0.1) is 0 Å². The Hall–Kier alpha value is -3.47. The lowest BCUT2D eigenvalue weighted by Crippen LogP contribution is -2.14. The zero-order chi connectivity index (χ0) is 18.1. The summed E-state index contributed by atoms with van der Waals surface area (Å²) >= 11 is 0. The van der Waals surface area contributed by atoms with Crippen molar-refractivity contribution in [2.24, 2.45) is 0 Å². The highest BCUT2D eigenvalue weighted by molar-refractivity contribution is 6.13. The number of hydrogen-bond acceptors (Lipinski definition) is 3. The van der Waals surface area contributed by atoms with Crippen molar-refractivity contribution in [1.82, 2.24) is 4.98 Å². The van der Waals surface area contributed by atoms with Crippen molar-refractivity contribution in [3.8, 4) is 11.5 Å². The summed E-state index contributed by atoms with van der Waals surface area (Å²) in [7, 11) is 0. The molecule has 1 N–H and O–H groups in total. The maximum atomic E-state index is 13.5. The molecule has 5 heteroatoms. The number of hydrogen-bond donors (Lipinski definition) is 1. The fourth-order valence-electron chi connectivity index (χ4n) is 2.83. The molecule has 0 unspecified atom stereocenters. The maximum absolute atomic E-state index is 13.5. The van der Waals surface area contributed by atoms with Crippen LogP contribution in [0.5, 0.6) is 0 Å². The van der Waals surface area contributed by atoms with Crippen LogP contribution in [-0.4, -0.2) is 10.9 Å². The van der Waals surface area contributed by atoms with E-state index >= 15 is 0 Å². The first kappa shape index (κ1) is 16.0. The number of amides is 1. The molecule has 128 valence electrons. The van der Waals surface area contributed by atoms with Gasteiger partial charge < -0.3 is 9.73 Å². The first-order valence-corrected chi connectivity index (χ1v) is 8.13. The van der Waals surface area contributed by atoms with Crippen molar-refractivity contribution >= 4 is 22.5 Å². The number of para-hydroxylation sites is 1. The van der Waals surface area contributed by atoms with Crippen LogP contribution in [0.1, 0.15) is 15.9 Å². The number of nitrogens with zero attached hydrogens (tertiary/aromatic N) is 1. The first-order valence-electron chi connectivity index (χ1n) is 8.13. The summed E-state index contributed by atoms with van der Waals surface area (Å²) in [5.41, 5.74) is 2.92. The molecule has 2 heterocycles. The van der Waals surface area contributed by atoms with Gasteiger partial charge in [-0.05, 0) is 48.9 Å². The molecule has 2 aromatic heterocycles. The molecular weight excluding hydrogens is 331 g/mol. The minimum atomic E-state index is -0.401. The van der Waals surface area contributed by atoms with Gasteiger partial charge in [-0.25, -0.2) is 9.37 Å². The van der Waals surface area contributed by atoms with Gasteiger partial charge in [0, 0.05) is 11.1 Å². The highest BCUT2D eigenvalue weighted by Crippen LogP contribution is 2.26. The molecule has 4 rings (SSSR count). The minimum absolute atomic E-state index is 0.329. The Morgan fingerprint density at radius 2 is 1.92 bits per heavy atom. The van der Waals surface area contributed by atoms with Gasteiger partial charge >= 0.3 is 0 Å². The Kier molecular flexibility index (Phi) is 3.97. The van der Waals surface area contributed by atoms with Crippen LogP contribution in [0.2, 0.25) is 0 Å². The van der Waals surface area contributed by atoms with Crippen molar-refractivity contribution in [1.29, 1.82) is 0 Å². The summed E-state index contributed by atoms with van der Waals surface area (Å²) in [5.74, 6) is -0.154. The van der Waals surface area contributed by atoms with Gasteiger partial charge in [-0.3, -0.25) is 4.79 Å². The Morgan fingerprint density at radius 1 is 1.08 bits per heavy atom. The van der Waals surface area contributed by atoms with E-state index in [-0.39, 0.29) is 5.91 Å². The summed E-state index contributed by atoms with van der Waals surface area (Å²) in [5, 5.41) is 3.51. The summed E-state index contributed by atoms with van der Waals surface area (Å²) < 4.78 is 18.9. The fourth-order valence-corrected chi connectivity index (χ4v) is 2.83. The quantitative estimate of drug-likeness (QED) is 0.555. The molecule has 2 aromatic carbocycles. The number of nitrogens with one attached hydrogen (secondary N) is 1. The lowest BCUT2D eigenvalue weighted by Gasteiger charge is -2.11. The third-order valence-electron chi connectivity index (χ3n) is 4.18. The number of rotatable bonds is 3. The first-order chi connectivity index (χ1) is 12.6. The predicted molar refractivity (Wildman–Crippen MR) is 98.5 cm³/mol. The molecule has 0 saturated heterocycles. The SMILES string of the molecule is Cc1ccc(F)cc1NC(=O)c1cc(-c2ccco2)nc2ccccc12. The van der Waals surface area contributed by atoms with Crippen LogP contribution in [0.25, 0.3) is 22.4 Å². The van der Waals surface area contributed by atoms with Crippen molar-refractivity contribution < 1.29 is 13.6 Å². The molecule has 0 saturated carbocycles. The Morgan fingerprint density at radius 3 is 2.73 bits per heavy atom. The van der Waals surface area contributed by atoms with Gasteiger partial charge in [0.05, 0.1) is 17.3 Å². The normalized spacial score (nSPS) is 10.8. The number of pyridine rings is 1. The maximum Gasteiger partial charge on any atom is 0.256 e. The van der Waals surface area contributed by atoms with E-state index in [0.717, 1.165) is 10.9 Å². The largest absolute Gasteiger partial charge is 0.463 e. The van der Waals surface area contributed by atoms with Crippen LogP contribution in [-0.2, 0) is 0 Å². The van der Waals surface area contributed by atoms with E-state index in [4.69, 9.17) is 4.42 Å². The molecule has 0 fully saturated rings. The molecule has 0 bridgehead atoms. The van der Waals surface area contributed by atoms with Crippen LogP contribution in [0.3, 0.4) is 0 Å². The average Bonchev–Trinajstić information content (AvgIpc) is 3.18. The molecule has 0 spiro atoms. The van der Waals surface area contributed by atoms with Gasteiger partial charge in [-0.2, -0.15) is 0 Å². The van der Waals surface area contributed by atoms with Crippen LogP contribution < -0.4 is 5.32 Å². The van der Waals surface area contributed by atoms with Crippen LogP contribution in [0, 0.1) is 12.7 Å². The Balaban J connectivity index is 1.81. The number of benzene rings is 2. The van der Waals surface area contributed by atoms with Gasteiger partial charge in [-0.1, -0.05) is 24.3 Å². The molecule has 1 amide bonds. The molecule has 0 radical (unpaired) electrons. The molecule has 0 aliphatic rings. The smallest absolute Gasteiger partial charge is 0.256 e. The fraction of sp³-hybridized carbons (Fsp3) is 0.0476. The summed E-state index contributed by atoms with van der Waals surface area (Å²) in [6.45, 7) is 1.81. The number of anilines is 1. The van der Waals surface area contributed by atoms with Crippen molar-refractivity contribution in [2.75, 3.05) is 5.32 Å². The minimum Gasteiger partial charge on any atom is -0.463 e. The Labute approximate surface area is 149 Å². The zero-order valence-electron chi connectivity index (χ0n) is 14.0. The van der Waals surface area contributed by atoms with Crippen LogP contribution >= 0.6 is 0 Å². The molecule has 4 aromatic rings. The van der Waals surface area contributed by atoms with Crippen LogP contribution in [0.15, 0.2) is 71.3 Å². The zero-order valence-corrected chi connectivity index (χ0v) is 14.0. The molecule has 0 atom stereocenters. The molecular formula is C21H15FN2O2. The summed E-state index contributed by atoms with van der Waals surface area (Å²) in [6.07, 6.45) is 1.56. The second kappa shape index (κ2) is 6.44. The molecule has 0 aliphatic heterocycles. The highest BCUT2D eigenvalue weighted by Gasteiger charge is 2.16. The van der Waals surface area contributed by atoms with Crippen molar-refractivity contribution in [3.63, 3.8) is 0 Å². The van der Waals surface area contributed by atoms with Crippen molar-refractivity contribution in [2.45, 2.75) is 6.92 Å². The van der Waals surface area contributed by atoms with E-state index in [9.17, 15) is 9.18 Å². The van der Waals surface area contributed by atoms with Crippen LogP contribution in [0.4, 0.5) is 10.1 Å². The van der Waals surface area contributed by atoms with E-state index in [1.54, 1.807) is 30.5 Å². The van der Waals surface area contributed by atoms with Gasteiger partial charge in [0.25, 0.3) is 5.91 Å². The average molecular weight is 346 g/mol. The van der Waals surface area contributed by atoms with E-state index in [2.05, 4.69) is 10.3 Å². The summed E-state index contributed by atoms with van der Waals surface area (Å²) in [4.78, 5) is 17.5. The number of halogens is 1. The van der Waals surface area contributed by atoms with E-state index in [1.165, 1.54) is 12.1 Å². The molecule has 26 heavy (non-hydrogen) atoms. The monoisotopic (exact) mass is 346 g/mol. The Bertz CT molecular complexity index is 1100. The van der Waals surface area contributed by atoms with Gasteiger partial charge in [0.2, 0.25) is 0 Å². The van der Waals surface area contributed by atoms with E-state index in [1.807, 2.05) is 31.2 Å². The number of fused-ring (bicyclic) bond motifs is 1. The summed E-state index contributed by atoms with van der Waals surface area (Å²) in [6, 6.07) is 16.9. The second-order valence-electron chi connectivity index (χ2n) is 5.96. The number of aromatic nitrogens is 1. The predicted octanol–water partition coefficient (Wildman–Crippen LogP) is 5.19. The third-order valence-corrected chi connectivity index (χ3v) is 4.18. The lowest BCUT2D eigenvalue weighted by molar-refractivity contribution is 0.102.